The van der Waals surface area contributed by atoms with Gasteiger partial charge in [0.15, 0.2) is 11.7 Å². The second-order valence-electron chi connectivity index (χ2n) is 11.5. The van der Waals surface area contributed by atoms with Crippen molar-refractivity contribution in [1.82, 2.24) is 0 Å². The van der Waals surface area contributed by atoms with Crippen LogP contribution in [0.3, 0.4) is 0 Å². The van der Waals surface area contributed by atoms with Gasteiger partial charge in [-0.3, -0.25) is 14.4 Å². The Kier molecular flexibility index (Phi) is 5.92. The molecule has 0 aromatic rings. The van der Waals surface area contributed by atoms with Crippen molar-refractivity contribution in [1.29, 1.82) is 0 Å². The molecule has 32 heavy (non-hydrogen) atoms. The van der Waals surface area contributed by atoms with E-state index in [4.69, 9.17) is 0 Å². The monoisotopic (exact) mass is 442 g/mol. The molecule has 0 heterocycles. The average Bonchev–Trinajstić information content (AvgIpc) is 3.09. The van der Waals surface area contributed by atoms with Gasteiger partial charge in [-0.25, -0.2) is 0 Å². The van der Waals surface area contributed by atoms with Crippen LogP contribution in [-0.4, -0.2) is 27.9 Å². The summed E-state index contributed by atoms with van der Waals surface area (Å²) in [5.74, 6) is -1.33. The topological polar surface area (TPSA) is 91.7 Å². The van der Waals surface area contributed by atoms with E-state index < -0.39 is 17.9 Å². The van der Waals surface area contributed by atoms with Gasteiger partial charge in [-0.2, -0.15) is 0 Å². The predicted octanol–water partition coefficient (Wildman–Crippen LogP) is 5.50. The minimum absolute atomic E-state index is 0.0708. The van der Waals surface area contributed by atoms with Gasteiger partial charge in [0.1, 0.15) is 0 Å². The Labute approximate surface area is 191 Å². The smallest absolute Gasteiger partial charge is 0.317 e. The van der Waals surface area contributed by atoms with Crippen molar-refractivity contribution >= 4 is 17.7 Å². The normalized spacial score (nSPS) is 41.0. The molecule has 2 N–H and O–H groups in total. The largest absolute Gasteiger partial charge is 0.481 e. The molecule has 0 bridgehead atoms. The summed E-state index contributed by atoms with van der Waals surface area (Å²) in [5, 5.41) is 18.8. The first-order valence-corrected chi connectivity index (χ1v) is 12.4. The van der Waals surface area contributed by atoms with E-state index in [1.54, 1.807) is 0 Å². The molecule has 0 aromatic heterocycles. The van der Waals surface area contributed by atoms with E-state index in [-0.39, 0.29) is 29.0 Å². The summed E-state index contributed by atoms with van der Waals surface area (Å²) in [6.07, 6.45) is 11.4. The standard InChI is InChI=1S/C27H38O5/c1-5-16-13-18-21-7-6-20(15(2)12-19(24(29)30)25(31)32)26(21,3)11-9-22(18)27(4)10-8-17(28)14-23(16)27/h5,14-15,18-22H,6-13H2,1-4H3,(H,29,30)(H,31,32)/b16-5-/t15-,18?,20?,21?,22?,26-,27-/m1/s1. The maximum atomic E-state index is 12.2. The van der Waals surface area contributed by atoms with Crippen LogP contribution in [0.1, 0.15) is 79.1 Å². The van der Waals surface area contributed by atoms with Crippen molar-refractivity contribution in [2.24, 2.45) is 46.3 Å². The Bertz CT molecular complexity index is 870. The van der Waals surface area contributed by atoms with Crippen molar-refractivity contribution in [3.63, 3.8) is 0 Å². The van der Waals surface area contributed by atoms with Crippen LogP contribution in [0.25, 0.3) is 0 Å². The first-order valence-electron chi connectivity index (χ1n) is 12.4. The van der Waals surface area contributed by atoms with Crippen LogP contribution in [0.2, 0.25) is 0 Å². The summed E-state index contributed by atoms with van der Waals surface area (Å²) in [5.41, 5.74) is 2.83. The Morgan fingerprint density at radius 2 is 1.81 bits per heavy atom. The molecule has 0 spiro atoms. The van der Waals surface area contributed by atoms with Crippen LogP contribution in [0.15, 0.2) is 23.3 Å². The maximum absolute atomic E-state index is 12.2. The average molecular weight is 443 g/mol. The molecule has 3 saturated carbocycles. The van der Waals surface area contributed by atoms with Gasteiger partial charge in [0, 0.05) is 6.42 Å². The van der Waals surface area contributed by atoms with E-state index >= 15 is 0 Å². The Morgan fingerprint density at radius 3 is 2.44 bits per heavy atom. The van der Waals surface area contributed by atoms with E-state index in [0.717, 1.165) is 38.5 Å². The highest BCUT2D eigenvalue weighted by molar-refractivity contribution is 5.93. The Hall–Kier alpha value is -1.91. The number of fused-ring (bicyclic) bond motifs is 5. The number of rotatable bonds is 5. The summed E-state index contributed by atoms with van der Waals surface area (Å²) in [7, 11) is 0. The van der Waals surface area contributed by atoms with Gasteiger partial charge in [-0.1, -0.05) is 26.8 Å². The number of carbonyl (C=O) groups excluding carboxylic acids is 1. The van der Waals surface area contributed by atoms with Gasteiger partial charge in [-0.15, -0.1) is 0 Å². The van der Waals surface area contributed by atoms with E-state index in [9.17, 15) is 24.6 Å². The quantitative estimate of drug-likeness (QED) is 0.548. The minimum atomic E-state index is -1.32. The molecule has 0 aliphatic heterocycles. The highest BCUT2D eigenvalue weighted by Crippen LogP contribution is 2.68. The number of hydrogen-bond acceptors (Lipinski definition) is 3. The first-order chi connectivity index (χ1) is 15.0. The molecule has 4 aliphatic rings. The second kappa shape index (κ2) is 8.14. The fourth-order valence-corrected chi connectivity index (χ4v) is 8.58. The van der Waals surface area contributed by atoms with Crippen LogP contribution >= 0.6 is 0 Å². The first kappa shape index (κ1) is 23.3. The lowest BCUT2D eigenvalue weighted by atomic mass is 9.45. The Morgan fingerprint density at radius 1 is 1.12 bits per heavy atom. The van der Waals surface area contributed by atoms with Crippen molar-refractivity contribution in [3.05, 3.63) is 23.3 Å². The third-order valence-corrected chi connectivity index (χ3v) is 10.2. The molecule has 0 aromatic carbocycles. The van der Waals surface area contributed by atoms with E-state index in [2.05, 4.69) is 33.8 Å². The van der Waals surface area contributed by atoms with Gasteiger partial charge in [0.05, 0.1) is 0 Å². The zero-order valence-electron chi connectivity index (χ0n) is 19.9. The summed E-state index contributed by atoms with van der Waals surface area (Å²) in [6.45, 7) is 8.94. The molecule has 0 saturated heterocycles. The molecule has 4 aliphatic carbocycles. The number of carboxylic acid groups (broad SMARTS) is 2. The second-order valence-corrected chi connectivity index (χ2v) is 11.5. The highest BCUT2D eigenvalue weighted by Gasteiger charge is 2.60. The van der Waals surface area contributed by atoms with Crippen LogP contribution < -0.4 is 0 Å². The van der Waals surface area contributed by atoms with Crippen molar-refractivity contribution in [2.45, 2.75) is 79.1 Å². The highest BCUT2D eigenvalue weighted by atomic mass is 16.4. The molecule has 5 nitrogen and oxygen atoms in total. The number of carboxylic acids is 2. The predicted molar refractivity (Wildman–Crippen MR) is 122 cm³/mol. The molecule has 176 valence electrons. The molecule has 4 unspecified atom stereocenters. The van der Waals surface area contributed by atoms with Crippen LogP contribution in [0.4, 0.5) is 0 Å². The summed E-state index contributed by atoms with van der Waals surface area (Å²) >= 11 is 0. The van der Waals surface area contributed by atoms with E-state index in [0.29, 0.717) is 30.1 Å². The van der Waals surface area contributed by atoms with Crippen LogP contribution in [0.5, 0.6) is 0 Å². The van der Waals surface area contributed by atoms with Gasteiger partial charge in [-0.05, 0) is 110 Å². The summed E-state index contributed by atoms with van der Waals surface area (Å²) < 4.78 is 0. The molecule has 3 fully saturated rings. The number of allylic oxidation sites excluding steroid dienone is 3. The fourth-order valence-electron chi connectivity index (χ4n) is 8.58. The molecular weight excluding hydrogens is 404 g/mol. The molecule has 7 atom stereocenters. The summed E-state index contributed by atoms with van der Waals surface area (Å²) in [6, 6.07) is 0. The zero-order valence-corrected chi connectivity index (χ0v) is 19.9. The molecule has 0 radical (unpaired) electrons. The van der Waals surface area contributed by atoms with Gasteiger partial charge >= 0.3 is 11.9 Å². The van der Waals surface area contributed by atoms with E-state index in [1.807, 2.05) is 6.08 Å². The van der Waals surface area contributed by atoms with Crippen LogP contribution in [-0.2, 0) is 14.4 Å². The molecule has 0 amide bonds. The summed E-state index contributed by atoms with van der Waals surface area (Å²) in [4.78, 5) is 35.2. The lowest BCUT2D eigenvalue weighted by molar-refractivity contribution is -0.155. The number of hydrogen-bond donors (Lipinski definition) is 2. The molecule has 4 rings (SSSR count). The fraction of sp³-hybridized carbons (Fsp3) is 0.741. The number of carbonyl (C=O) groups is 3. The van der Waals surface area contributed by atoms with Gasteiger partial charge in [0.25, 0.3) is 0 Å². The van der Waals surface area contributed by atoms with Gasteiger partial charge < -0.3 is 10.2 Å². The molecule has 5 heteroatoms. The lowest BCUT2D eigenvalue weighted by Crippen LogP contribution is -2.51. The lowest BCUT2D eigenvalue weighted by Gasteiger charge is -2.59. The molecular formula is C27H38O5. The van der Waals surface area contributed by atoms with Crippen molar-refractivity contribution in [2.75, 3.05) is 0 Å². The zero-order chi connectivity index (χ0) is 23.4. The third-order valence-electron chi connectivity index (χ3n) is 10.2. The van der Waals surface area contributed by atoms with Gasteiger partial charge in [0.2, 0.25) is 0 Å². The van der Waals surface area contributed by atoms with Crippen LogP contribution in [0, 0.1) is 46.3 Å². The number of ketones is 1. The van der Waals surface area contributed by atoms with Crippen molar-refractivity contribution in [3.8, 4) is 0 Å². The Balaban J connectivity index is 1.61. The van der Waals surface area contributed by atoms with Crippen molar-refractivity contribution < 1.29 is 24.6 Å². The SMILES string of the molecule is C/C=C1/CC2C3CCC([C@H](C)CC(C(=O)O)C(=O)O)[C@@]3(C)CCC2[C@@]2(C)CCC(=O)C=C12. The maximum Gasteiger partial charge on any atom is 0.317 e. The third kappa shape index (κ3) is 3.47. The number of aliphatic carboxylic acids is 2. The minimum Gasteiger partial charge on any atom is -0.481 e. The van der Waals surface area contributed by atoms with E-state index in [1.165, 1.54) is 11.1 Å².